The van der Waals surface area contributed by atoms with E-state index in [0.29, 0.717) is 18.7 Å². The minimum Gasteiger partial charge on any atom is -0.372 e. The number of ether oxygens (including phenoxy) is 1. The number of halogens is 2. The van der Waals surface area contributed by atoms with Crippen LogP contribution in [0.1, 0.15) is 34.3 Å². The number of rotatable bonds is 4. The third-order valence-corrected chi connectivity index (χ3v) is 4.41. The lowest BCUT2D eigenvalue weighted by atomic mass is 10.1. The monoisotopic (exact) mass is 345 g/mol. The smallest absolute Gasteiger partial charge is 0.253 e. The molecule has 1 amide bonds. The minimum absolute atomic E-state index is 0.000730. The van der Waals surface area contributed by atoms with Gasteiger partial charge >= 0.3 is 0 Å². The highest BCUT2D eigenvalue weighted by atomic mass is 19.1. The van der Waals surface area contributed by atoms with Crippen molar-refractivity contribution in [1.29, 1.82) is 0 Å². The van der Waals surface area contributed by atoms with Crippen LogP contribution in [0.3, 0.4) is 0 Å². The van der Waals surface area contributed by atoms with Gasteiger partial charge in [0.15, 0.2) is 0 Å². The fourth-order valence-electron chi connectivity index (χ4n) is 3.08. The van der Waals surface area contributed by atoms with Crippen molar-refractivity contribution in [1.82, 2.24) is 4.90 Å². The maximum Gasteiger partial charge on any atom is 0.253 e. The van der Waals surface area contributed by atoms with Gasteiger partial charge in [-0.3, -0.25) is 4.79 Å². The molecule has 1 aliphatic heterocycles. The SMILES string of the molecule is Cc1cccc(C(=O)N2CCC[C@@H](OCc3cc(F)ccc3F)C2)c1. The number of carbonyl (C=O) groups is 1. The Labute approximate surface area is 146 Å². The van der Waals surface area contributed by atoms with Crippen LogP contribution in [0.15, 0.2) is 42.5 Å². The van der Waals surface area contributed by atoms with Gasteiger partial charge in [0.05, 0.1) is 12.7 Å². The number of hydrogen-bond donors (Lipinski definition) is 0. The number of carbonyl (C=O) groups excluding carboxylic acids is 1. The number of amides is 1. The van der Waals surface area contributed by atoms with Crippen LogP contribution in [0.5, 0.6) is 0 Å². The zero-order valence-electron chi connectivity index (χ0n) is 14.2. The molecule has 1 saturated heterocycles. The molecule has 0 saturated carbocycles. The Bertz CT molecular complexity index is 763. The Hall–Kier alpha value is -2.27. The quantitative estimate of drug-likeness (QED) is 0.835. The summed E-state index contributed by atoms with van der Waals surface area (Å²) in [5.41, 5.74) is 1.90. The molecule has 0 bridgehead atoms. The molecule has 0 aromatic heterocycles. The molecule has 1 aliphatic rings. The lowest BCUT2D eigenvalue weighted by Crippen LogP contribution is -2.43. The third kappa shape index (κ3) is 4.42. The van der Waals surface area contributed by atoms with E-state index in [1.165, 1.54) is 0 Å². The van der Waals surface area contributed by atoms with Crippen LogP contribution in [0.4, 0.5) is 8.78 Å². The maximum atomic E-state index is 13.7. The van der Waals surface area contributed by atoms with Gasteiger partial charge in [-0.15, -0.1) is 0 Å². The minimum atomic E-state index is -0.486. The Kier molecular flexibility index (Phi) is 5.43. The van der Waals surface area contributed by atoms with Crippen LogP contribution >= 0.6 is 0 Å². The summed E-state index contributed by atoms with van der Waals surface area (Å²) in [5, 5.41) is 0. The van der Waals surface area contributed by atoms with Crippen LogP contribution in [-0.4, -0.2) is 30.0 Å². The van der Waals surface area contributed by atoms with Crippen molar-refractivity contribution in [3.8, 4) is 0 Å². The Morgan fingerprint density at radius 1 is 1.24 bits per heavy atom. The second kappa shape index (κ2) is 7.74. The highest BCUT2D eigenvalue weighted by molar-refractivity contribution is 5.94. The first-order valence-electron chi connectivity index (χ1n) is 8.44. The van der Waals surface area contributed by atoms with Gasteiger partial charge in [-0.1, -0.05) is 17.7 Å². The number of piperidine rings is 1. The summed E-state index contributed by atoms with van der Waals surface area (Å²) in [6.07, 6.45) is 1.45. The van der Waals surface area contributed by atoms with Crippen molar-refractivity contribution in [2.75, 3.05) is 13.1 Å². The molecule has 2 aromatic carbocycles. The Balaban J connectivity index is 1.61. The van der Waals surface area contributed by atoms with Gasteiger partial charge in [0.25, 0.3) is 5.91 Å². The molecule has 3 rings (SSSR count). The lowest BCUT2D eigenvalue weighted by Gasteiger charge is -2.33. The normalized spacial score (nSPS) is 17.6. The summed E-state index contributed by atoms with van der Waals surface area (Å²) < 4.78 is 32.6. The molecule has 0 spiro atoms. The molecular weight excluding hydrogens is 324 g/mol. The van der Waals surface area contributed by atoms with Gasteiger partial charge in [0.1, 0.15) is 11.6 Å². The zero-order valence-corrected chi connectivity index (χ0v) is 14.2. The molecule has 2 aromatic rings. The predicted octanol–water partition coefficient (Wildman–Crippen LogP) is 4.09. The van der Waals surface area contributed by atoms with E-state index < -0.39 is 11.6 Å². The summed E-state index contributed by atoms with van der Waals surface area (Å²) in [4.78, 5) is 14.4. The van der Waals surface area contributed by atoms with Crippen molar-refractivity contribution in [3.05, 3.63) is 70.8 Å². The molecule has 1 fully saturated rings. The van der Waals surface area contributed by atoms with Crippen LogP contribution < -0.4 is 0 Å². The number of benzene rings is 2. The van der Waals surface area contributed by atoms with Gasteiger partial charge in [-0.25, -0.2) is 8.78 Å². The number of aryl methyl sites for hydroxylation is 1. The van der Waals surface area contributed by atoms with E-state index in [1.54, 1.807) is 4.90 Å². The maximum absolute atomic E-state index is 13.7. The summed E-state index contributed by atoms with van der Waals surface area (Å²) >= 11 is 0. The van der Waals surface area contributed by atoms with Gasteiger partial charge in [-0.2, -0.15) is 0 Å². The second-order valence-corrected chi connectivity index (χ2v) is 6.43. The van der Waals surface area contributed by atoms with Crippen molar-refractivity contribution in [2.45, 2.75) is 32.5 Å². The summed E-state index contributed by atoms with van der Waals surface area (Å²) in [7, 11) is 0. The first kappa shape index (κ1) is 17.5. The van der Waals surface area contributed by atoms with Crippen molar-refractivity contribution < 1.29 is 18.3 Å². The van der Waals surface area contributed by atoms with Crippen LogP contribution in [-0.2, 0) is 11.3 Å². The van der Waals surface area contributed by atoms with Crippen molar-refractivity contribution >= 4 is 5.91 Å². The first-order chi connectivity index (χ1) is 12.0. The molecule has 0 unspecified atom stereocenters. The number of hydrogen-bond acceptors (Lipinski definition) is 2. The standard InChI is InChI=1S/C20H21F2NO2/c1-14-4-2-5-15(10-14)20(24)23-9-3-6-18(12-23)25-13-16-11-17(21)7-8-19(16)22/h2,4-5,7-8,10-11,18H,3,6,9,12-13H2,1H3/t18-/m1/s1. The van der Waals surface area contributed by atoms with Crippen molar-refractivity contribution in [3.63, 3.8) is 0 Å². The highest BCUT2D eigenvalue weighted by Gasteiger charge is 2.25. The average Bonchev–Trinajstić information content (AvgIpc) is 2.62. The van der Waals surface area contributed by atoms with E-state index >= 15 is 0 Å². The van der Waals surface area contributed by atoms with E-state index in [0.717, 1.165) is 36.6 Å². The molecule has 0 N–H and O–H groups in total. The van der Waals surface area contributed by atoms with Gasteiger partial charge in [0, 0.05) is 24.2 Å². The molecule has 3 nitrogen and oxygen atoms in total. The van der Waals surface area contributed by atoms with E-state index in [9.17, 15) is 13.6 Å². The lowest BCUT2D eigenvalue weighted by molar-refractivity contribution is -0.00769. The van der Waals surface area contributed by atoms with Crippen molar-refractivity contribution in [2.24, 2.45) is 0 Å². The van der Waals surface area contributed by atoms with E-state index in [2.05, 4.69) is 0 Å². The average molecular weight is 345 g/mol. The molecule has 0 radical (unpaired) electrons. The number of likely N-dealkylation sites (tertiary alicyclic amines) is 1. The highest BCUT2D eigenvalue weighted by Crippen LogP contribution is 2.19. The van der Waals surface area contributed by atoms with Gasteiger partial charge in [0.2, 0.25) is 0 Å². The number of nitrogens with zero attached hydrogens (tertiary/aromatic N) is 1. The largest absolute Gasteiger partial charge is 0.372 e. The topological polar surface area (TPSA) is 29.5 Å². The molecule has 1 heterocycles. The van der Waals surface area contributed by atoms with Crippen LogP contribution in [0.2, 0.25) is 0 Å². The Morgan fingerprint density at radius 2 is 2.08 bits per heavy atom. The van der Waals surface area contributed by atoms with Gasteiger partial charge in [-0.05, 0) is 50.1 Å². The molecule has 0 aliphatic carbocycles. The summed E-state index contributed by atoms with van der Waals surface area (Å²) in [5.74, 6) is -0.987. The first-order valence-corrected chi connectivity index (χ1v) is 8.44. The molecule has 5 heteroatoms. The molecule has 132 valence electrons. The third-order valence-electron chi connectivity index (χ3n) is 4.41. The van der Waals surface area contributed by atoms with Gasteiger partial charge < -0.3 is 9.64 Å². The van der Waals surface area contributed by atoms with E-state index in [-0.39, 0.29) is 24.2 Å². The van der Waals surface area contributed by atoms with Crippen LogP contribution in [0, 0.1) is 18.6 Å². The molecule has 1 atom stereocenters. The fraction of sp³-hybridized carbons (Fsp3) is 0.350. The molecule has 25 heavy (non-hydrogen) atoms. The predicted molar refractivity (Wildman–Crippen MR) is 91.3 cm³/mol. The fourth-order valence-corrected chi connectivity index (χ4v) is 3.08. The summed E-state index contributed by atoms with van der Waals surface area (Å²) in [6.45, 7) is 3.10. The Morgan fingerprint density at radius 3 is 2.88 bits per heavy atom. The summed E-state index contributed by atoms with van der Waals surface area (Å²) in [6, 6.07) is 10.8. The molecular formula is C20H21F2NO2. The van der Waals surface area contributed by atoms with E-state index in [4.69, 9.17) is 4.74 Å². The van der Waals surface area contributed by atoms with Crippen LogP contribution in [0.25, 0.3) is 0 Å². The van der Waals surface area contributed by atoms with E-state index in [1.807, 2.05) is 31.2 Å². The second-order valence-electron chi connectivity index (χ2n) is 6.43. The zero-order chi connectivity index (χ0) is 17.8.